The first-order valence-corrected chi connectivity index (χ1v) is 8.38. The molecule has 0 saturated carbocycles. The lowest BCUT2D eigenvalue weighted by molar-refractivity contribution is -0.134. The number of amides is 1. The highest BCUT2D eigenvalue weighted by atomic mass is 35.5. The van der Waals surface area contributed by atoms with Crippen molar-refractivity contribution in [1.29, 1.82) is 0 Å². The maximum absolute atomic E-state index is 12.4. The highest BCUT2D eigenvalue weighted by Gasteiger charge is 2.22. The van der Waals surface area contributed by atoms with Crippen LogP contribution in [-0.4, -0.2) is 55.5 Å². The lowest BCUT2D eigenvalue weighted by Gasteiger charge is -2.24. The lowest BCUT2D eigenvalue weighted by Crippen LogP contribution is -2.40. The Balaban J connectivity index is 1.86. The van der Waals surface area contributed by atoms with Gasteiger partial charge in [-0.15, -0.1) is 0 Å². The molecule has 0 spiro atoms. The van der Waals surface area contributed by atoms with Gasteiger partial charge in [0.25, 0.3) is 0 Å². The van der Waals surface area contributed by atoms with Crippen molar-refractivity contribution in [2.45, 2.75) is 19.9 Å². The molecule has 1 atom stereocenters. The number of hydrogen-bond acceptors (Lipinski definition) is 3. The molecule has 0 radical (unpaired) electrons. The summed E-state index contributed by atoms with van der Waals surface area (Å²) in [6.45, 7) is 7.31. The molecule has 1 N–H and O–H groups in total. The van der Waals surface area contributed by atoms with Gasteiger partial charge in [-0.05, 0) is 31.2 Å². The minimum Gasteiger partial charge on any atom is -0.341 e. The molecule has 1 heterocycles. The zero-order valence-corrected chi connectivity index (χ0v) is 14.3. The molecule has 1 fully saturated rings. The van der Waals surface area contributed by atoms with Gasteiger partial charge in [0, 0.05) is 50.2 Å². The van der Waals surface area contributed by atoms with E-state index in [0.29, 0.717) is 0 Å². The molecule has 1 aromatic carbocycles. The molecule has 1 aliphatic heterocycles. The monoisotopic (exact) mass is 323 g/mol. The third-order valence-corrected chi connectivity index (χ3v) is 4.40. The van der Waals surface area contributed by atoms with Gasteiger partial charge in [-0.3, -0.25) is 9.69 Å². The van der Waals surface area contributed by atoms with Gasteiger partial charge >= 0.3 is 0 Å². The van der Waals surface area contributed by atoms with Crippen LogP contribution in [0.4, 0.5) is 0 Å². The van der Waals surface area contributed by atoms with Crippen molar-refractivity contribution in [3.63, 3.8) is 0 Å². The Bertz CT molecular complexity index is 477. The molecule has 1 aromatic rings. The van der Waals surface area contributed by atoms with E-state index in [4.69, 9.17) is 11.6 Å². The summed E-state index contributed by atoms with van der Waals surface area (Å²) in [5.41, 5.74) is 1.27. The Kier molecular flexibility index (Phi) is 6.68. The van der Waals surface area contributed by atoms with Crippen LogP contribution in [0.5, 0.6) is 0 Å². The van der Waals surface area contributed by atoms with E-state index < -0.39 is 0 Å². The van der Waals surface area contributed by atoms with E-state index in [0.717, 1.165) is 50.7 Å². The van der Waals surface area contributed by atoms with Crippen molar-refractivity contribution in [3.8, 4) is 0 Å². The summed E-state index contributed by atoms with van der Waals surface area (Å²) in [5.74, 6) is 0.315. The first kappa shape index (κ1) is 17.3. The topological polar surface area (TPSA) is 35.6 Å². The van der Waals surface area contributed by atoms with Crippen molar-refractivity contribution >= 4 is 17.5 Å². The fraction of sp³-hybridized carbons (Fsp3) is 0.588. The van der Waals surface area contributed by atoms with Gasteiger partial charge in [-0.2, -0.15) is 0 Å². The lowest BCUT2D eigenvalue weighted by atomic mass is 10.1. The first-order chi connectivity index (χ1) is 10.6. The summed E-state index contributed by atoms with van der Waals surface area (Å²) in [6.07, 6.45) is 1.03. The second-order valence-electron chi connectivity index (χ2n) is 6.04. The molecule has 2 rings (SSSR count). The van der Waals surface area contributed by atoms with Crippen molar-refractivity contribution in [1.82, 2.24) is 15.1 Å². The van der Waals surface area contributed by atoms with Gasteiger partial charge < -0.3 is 10.2 Å². The number of halogens is 1. The second kappa shape index (κ2) is 8.51. The summed E-state index contributed by atoms with van der Waals surface area (Å²) in [4.78, 5) is 16.8. The van der Waals surface area contributed by atoms with Crippen molar-refractivity contribution in [2.75, 3.05) is 39.8 Å². The Morgan fingerprint density at radius 1 is 1.23 bits per heavy atom. The van der Waals surface area contributed by atoms with E-state index in [1.165, 1.54) is 5.56 Å². The van der Waals surface area contributed by atoms with Gasteiger partial charge in [-0.25, -0.2) is 0 Å². The van der Waals surface area contributed by atoms with Gasteiger partial charge in [0.1, 0.15) is 0 Å². The maximum atomic E-state index is 12.4. The Morgan fingerprint density at radius 2 is 1.95 bits per heavy atom. The molecule has 1 amide bonds. The number of nitrogens with zero attached hydrogens (tertiary/aromatic N) is 2. The Hall–Kier alpha value is -1.10. The van der Waals surface area contributed by atoms with E-state index in [9.17, 15) is 4.79 Å². The van der Waals surface area contributed by atoms with Crippen molar-refractivity contribution in [3.05, 3.63) is 34.9 Å². The van der Waals surface area contributed by atoms with Gasteiger partial charge in [0.15, 0.2) is 0 Å². The normalized spacial score (nSPS) is 18.0. The molecular weight excluding hydrogens is 298 g/mol. The molecule has 122 valence electrons. The number of carbonyl (C=O) groups excluding carboxylic acids is 1. The molecule has 5 heteroatoms. The predicted molar refractivity (Wildman–Crippen MR) is 91.0 cm³/mol. The van der Waals surface area contributed by atoms with Crippen LogP contribution < -0.4 is 5.32 Å². The van der Waals surface area contributed by atoms with Gasteiger partial charge in [0.2, 0.25) is 5.91 Å². The van der Waals surface area contributed by atoms with Crippen LogP contribution in [0.15, 0.2) is 24.3 Å². The van der Waals surface area contributed by atoms with Crippen LogP contribution in [0.1, 0.15) is 18.9 Å². The summed E-state index contributed by atoms with van der Waals surface area (Å²) >= 11 is 5.93. The number of hydrogen-bond donors (Lipinski definition) is 1. The maximum Gasteiger partial charge on any atom is 0.226 e. The van der Waals surface area contributed by atoms with E-state index in [1.54, 1.807) is 0 Å². The second-order valence-corrected chi connectivity index (χ2v) is 6.48. The zero-order chi connectivity index (χ0) is 15.9. The highest BCUT2D eigenvalue weighted by molar-refractivity contribution is 6.30. The van der Waals surface area contributed by atoms with Crippen LogP contribution >= 0.6 is 11.6 Å². The molecule has 4 nitrogen and oxygen atoms in total. The SMILES string of the molecule is CNCC(C)C(=O)N1CCCN(Cc2ccc(Cl)cc2)CC1. The van der Waals surface area contributed by atoms with Crippen LogP contribution in [0.2, 0.25) is 5.02 Å². The predicted octanol–water partition coefficient (Wildman–Crippen LogP) is 2.23. The zero-order valence-electron chi connectivity index (χ0n) is 13.5. The molecule has 1 unspecified atom stereocenters. The van der Waals surface area contributed by atoms with Crippen molar-refractivity contribution < 1.29 is 4.79 Å². The molecular formula is C17H26ClN3O. The quantitative estimate of drug-likeness (QED) is 0.902. The number of carbonyl (C=O) groups is 1. The highest BCUT2D eigenvalue weighted by Crippen LogP contribution is 2.14. The fourth-order valence-electron chi connectivity index (χ4n) is 2.90. The van der Waals surface area contributed by atoms with E-state index >= 15 is 0 Å². The third-order valence-electron chi connectivity index (χ3n) is 4.15. The third kappa shape index (κ3) is 4.97. The van der Waals surface area contributed by atoms with Gasteiger partial charge in [-0.1, -0.05) is 30.7 Å². The van der Waals surface area contributed by atoms with Gasteiger partial charge in [0.05, 0.1) is 0 Å². The number of rotatable bonds is 5. The largest absolute Gasteiger partial charge is 0.341 e. The molecule has 0 aliphatic carbocycles. The average molecular weight is 324 g/mol. The van der Waals surface area contributed by atoms with E-state index in [1.807, 2.05) is 31.0 Å². The van der Waals surface area contributed by atoms with E-state index in [2.05, 4.69) is 22.3 Å². The van der Waals surface area contributed by atoms with Crippen LogP contribution in [0.3, 0.4) is 0 Å². The minimum absolute atomic E-state index is 0.0489. The summed E-state index contributed by atoms with van der Waals surface area (Å²) in [5, 5.41) is 3.85. The van der Waals surface area contributed by atoms with Crippen LogP contribution in [0.25, 0.3) is 0 Å². The van der Waals surface area contributed by atoms with E-state index in [-0.39, 0.29) is 11.8 Å². The molecule has 1 aliphatic rings. The number of nitrogens with one attached hydrogen (secondary N) is 1. The molecule has 1 saturated heterocycles. The summed E-state index contributed by atoms with van der Waals surface area (Å²) in [7, 11) is 1.89. The minimum atomic E-state index is 0.0489. The van der Waals surface area contributed by atoms with Crippen LogP contribution in [-0.2, 0) is 11.3 Å². The molecule has 0 bridgehead atoms. The smallest absolute Gasteiger partial charge is 0.226 e. The number of benzene rings is 1. The molecule has 22 heavy (non-hydrogen) atoms. The Morgan fingerprint density at radius 3 is 2.64 bits per heavy atom. The van der Waals surface area contributed by atoms with Crippen LogP contribution in [0, 0.1) is 5.92 Å². The summed E-state index contributed by atoms with van der Waals surface area (Å²) in [6, 6.07) is 8.02. The molecule has 0 aromatic heterocycles. The average Bonchev–Trinajstić information content (AvgIpc) is 2.75. The standard InChI is InChI=1S/C17H26ClN3O/c1-14(12-19-2)17(22)21-9-3-8-20(10-11-21)13-15-4-6-16(18)7-5-15/h4-7,14,19H,3,8-13H2,1-2H3. The summed E-state index contributed by atoms with van der Waals surface area (Å²) < 4.78 is 0. The fourth-order valence-corrected chi connectivity index (χ4v) is 3.03. The van der Waals surface area contributed by atoms with Crippen molar-refractivity contribution in [2.24, 2.45) is 5.92 Å². The Labute approximate surface area is 138 Å². The first-order valence-electron chi connectivity index (χ1n) is 8.00.